The maximum Gasteiger partial charge on any atom is 0.244 e. The van der Waals surface area contributed by atoms with Crippen LogP contribution in [0.15, 0.2) is 24.3 Å². The van der Waals surface area contributed by atoms with Crippen LogP contribution in [0.5, 0.6) is 0 Å². The van der Waals surface area contributed by atoms with E-state index in [1.165, 1.54) is 0 Å². The molecule has 1 aromatic carbocycles. The molecule has 0 saturated carbocycles. The van der Waals surface area contributed by atoms with Crippen LogP contribution >= 0.6 is 24.4 Å². The molecule has 0 bridgehead atoms. The van der Waals surface area contributed by atoms with Crippen LogP contribution in [-0.2, 0) is 4.79 Å². The molecular formula is C12H16ClN3OS. The quantitative estimate of drug-likeness (QED) is 0.806. The molecule has 1 saturated heterocycles. The summed E-state index contributed by atoms with van der Waals surface area (Å²) in [7, 11) is 0. The minimum absolute atomic E-state index is 0.0568. The third kappa shape index (κ3) is 3.17. The van der Waals surface area contributed by atoms with Gasteiger partial charge in [-0.25, -0.2) is 4.31 Å². The van der Waals surface area contributed by atoms with E-state index in [1.54, 1.807) is 23.1 Å². The molecule has 1 unspecified atom stereocenters. The minimum Gasteiger partial charge on any atom is -0.338 e. The Hall–Kier alpha value is -0.750. The molecule has 2 rings (SSSR count). The van der Waals surface area contributed by atoms with Gasteiger partial charge in [-0.1, -0.05) is 36.5 Å². The fourth-order valence-corrected chi connectivity index (χ4v) is 2.33. The summed E-state index contributed by atoms with van der Waals surface area (Å²) in [6.45, 7) is 2.85. The molecule has 0 aliphatic carbocycles. The van der Waals surface area contributed by atoms with Gasteiger partial charge in [-0.2, -0.15) is 0 Å². The van der Waals surface area contributed by atoms with Gasteiger partial charge in [0.2, 0.25) is 5.91 Å². The van der Waals surface area contributed by atoms with E-state index in [4.69, 9.17) is 17.3 Å². The highest BCUT2D eigenvalue weighted by atomic mass is 35.5. The molecule has 1 aliphatic rings. The number of nitrogens with two attached hydrogens (primary N) is 1. The van der Waals surface area contributed by atoms with Gasteiger partial charge in [-0.15, -0.1) is 0 Å². The number of hydrogen-bond acceptors (Lipinski definition) is 4. The van der Waals surface area contributed by atoms with E-state index in [9.17, 15) is 4.79 Å². The van der Waals surface area contributed by atoms with Crippen LogP contribution in [0.3, 0.4) is 0 Å². The molecule has 1 aliphatic heterocycles. The molecule has 98 valence electrons. The molecule has 0 spiro atoms. The van der Waals surface area contributed by atoms with E-state index >= 15 is 0 Å². The zero-order valence-corrected chi connectivity index (χ0v) is 11.6. The molecule has 4 nitrogen and oxygen atoms in total. The lowest BCUT2D eigenvalue weighted by Crippen LogP contribution is -2.48. The topological polar surface area (TPSA) is 49.6 Å². The smallest absolute Gasteiger partial charge is 0.244 e. The number of thiol groups is 1. The second-order valence-electron chi connectivity index (χ2n) is 4.31. The number of hydrogen-bond donors (Lipinski definition) is 2. The second kappa shape index (κ2) is 5.93. The Morgan fingerprint density at radius 2 is 2.00 bits per heavy atom. The van der Waals surface area contributed by atoms with Crippen LogP contribution in [0.1, 0.15) is 11.6 Å². The van der Waals surface area contributed by atoms with Crippen LogP contribution in [0.2, 0.25) is 5.02 Å². The van der Waals surface area contributed by atoms with Gasteiger partial charge >= 0.3 is 0 Å². The first-order chi connectivity index (χ1) is 8.58. The number of nitrogens with zero attached hydrogens (tertiary/aromatic N) is 2. The third-order valence-electron chi connectivity index (χ3n) is 3.04. The van der Waals surface area contributed by atoms with Crippen molar-refractivity contribution >= 4 is 30.3 Å². The lowest BCUT2D eigenvalue weighted by atomic mass is 10.1. The van der Waals surface area contributed by atoms with Crippen molar-refractivity contribution in [2.75, 3.05) is 26.2 Å². The molecule has 0 radical (unpaired) electrons. The zero-order chi connectivity index (χ0) is 13.1. The van der Waals surface area contributed by atoms with Crippen molar-refractivity contribution in [2.24, 2.45) is 5.73 Å². The van der Waals surface area contributed by atoms with Crippen LogP contribution in [0, 0.1) is 0 Å². The summed E-state index contributed by atoms with van der Waals surface area (Å²) in [5.74, 6) is -0.0568. The number of carbonyl (C=O) groups excluding carboxylic acids is 1. The van der Waals surface area contributed by atoms with E-state index < -0.39 is 6.04 Å². The number of piperazine rings is 1. The van der Waals surface area contributed by atoms with Gasteiger partial charge in [-0.05, 0) is 17.7 Å². The molecule has 1 atom stereocenters. The first-order valence-corrected chi connectivity index (χ1v) is 6.59. The van der Waals surface area contributed by atoms with Gasteiger partial charge in [0.25, 0.3) is 0 Å². The number of benzene rings is 1. The van der Waals surface area contributed by atoms with Crippen molar-refractivity contribution in [3.05, 3.63) is 34.9 Å². The lowest BCUT2D eigenvalue weighted by Gasteiger charge is -2.33. The second-order valence-corrected chi connectivity index (χ2v) is 5.31. The predicted molar refractivity (Wildman–Crippen MR) is 75.5 cm³/mol. The van der Waals surface area contributed by atoms with Crippen molar-refractivity contribution in [1.29, 1.82) is 0 Å². The van der Waals surface area contributed by atoms with Gasteiger partial charge in [0.1, 0.15) is 6.04 Å². The SMILES string of the molecule is NC(C(=O)N1CCN(S)CC1)c1cccc(Cl)c1. The van der Waals surface area contributed by atoms with E-state index in [0.717, 1.165) is 18.7 Å². The van der Waals surface area contributed by atoms with Crippen molar-refractivity contribution in [3.63, 3.8) is 0 Å². The Kier molecular flexibility index (Phi) is 4.50. The lowest BCUT2D eigenvalue weighted by molar-refractivity contribution is -0.133. The molecule has 1 aromatic rings. The highest BCUT2D eigenvalue weighted by molar-refractivity contribution is 7.77. The molecular weight excluding hydrogens is 270 g/mol. The van der Waals surface area contributed by atoms with Gasteiger partial charge in [0.05, 0.1) is 0 Å². The third-order valence-corrected chi connectivity index (χ3v) is 3.68. The summed E-state index contributed by atoms with van der Waals surface area (Å²) < 4.78 is 1.90. The summed E-state index contributed by atoms with van der Waals surface area (Å²) in [5, 5.41) is 0.593. The number of halogens is 1. The molecule has 2 N–H and O–H groups in total. The molecule has 1 amide bonds. The minimum atomic E-state index is -0.643. The number of amides is 1. The average molecular weight is 286 g/mol. The maximum atomic E-state index is 12.2. The predicted octanol–water partition coefficient (Wildman–Crippen LogP) is 1.33. The standard InChI is InChI=1S/C12H16ClN3OS/c13-10-3-1-2-9(8-10)11(14)12(17)15-4-6-16(18)7-5-15/h1-3,8,11,18H,4-7,14H2. The number of carbonyl (C=O) groups is 1. The molecule has 6 heteroatoms. The van der Waals surface area contributed by atoms with Crippen molar-refractivity contribution in [3.8, 4) is 0 Å². The van der Waals surface area contributed by atoms with Crippen LogP contribution in [0.4, 0.5) is 0 Å². The Balaban J connectivity index is 2.04. The highest BCUT2D eigenvalue weighted by Crippen LogP contribution is 2.18. The van der Waals surface area contributed by atoms with Crippen molar-refractivity contribution < 1.29 is 4.79 Å². The first kappa shape index (κ1) is 13.7. The monoisotopic (exact) mass is 285 g/mol. The van der Waals surface area contributed by atoms with Crippen LogP contribution < -0.4 is 5.73 Å². The van der Waals surface area contributed by atoms with Crippen LogP contribution in [-0.4, -0.2) is 41.3 Å². The van der Waals surface area contributed by atoms with Crippen molar-refractivity contribution in [2.45, 2.75) is 6.04 Å². The van der Waals surface area contributed by atoms with E-state index in [2.05, 4.69) is 12.8 Å². The Labute approximate surface area is 117 Å². The summed E-state index contributed by atoms with van der Waals surface area (Å²) in [6, 6.07) is 6.48. The highest BCUT2D eigenvalue weighted by Gasteiger charge is 2.25. The van der Waals surface area contributed by atoms with Crippen molar-refractivity contribution in [1.82, 2.24) is 9.21 Å². The summed E-state index contributed by atoms with van der Waals surface area (Å²) >= 11 is 10.2. The summed E-state index contributed by atoms with van der Waals surface area (Å²) in [6.07, 6.45) is 0. The van der Waals surface area contributed by atoms with Gasteiger partial charge in [-0.3, -0.25) is 4.79 Å². The molecule has 1 heterocycles. The van der Waals surface area contributed by atoms with Crippen LogP contribution in [0.25, 0.3) is 0 Å². The normalized spacial score (nSPS) is 18.7. The Morgan fingerprint density at radius 1 is 1.33 bits per heavy atom. The van der Waals surface area contributed by atoms with Gasteiger partial charge in [0, 0.05) is 31.2 Å². The fraction of sp³-hybridized carbons (Fsp3) is 0.417. The van der Waals surface area contributed by atoms with E-state index in [-0.39, 0.29) is 5.91 Å². The molecule has 18 heavy (non-hydrogen) atoms. The largest absolute Gasteiger partial charge is 0.338 e. The summed E-state index contributed by atoms with van der Waals surface area (Å²) in [4.78, 5) is 14.0. The van der Waals surface area contributed by atoms with Gasteiger partial charge in [0.15, 0.2) is 0 Å². The Bertz CT molecular complexity index is 435. The van der Waals surface area contributed by atoms with E-state index in [0.29, 0.717) is 18.1 Å². The molecule has 1 fully saturated rings. The number of rotatable bonds is 2. The molecule has 0 aromatic heterocycles. The Morgan fingerprint density at radius 3 is 2.61 bits per heavy atom. The van der Waals surface area contributed by atoms with E-state index in [1.807, 2.05) is 10.4 Å². The van der Waals surface area contributed by atoms with Gasteiger partial charge < -0.3 is 10.6 Å². The zero-order valence-electron chi connectivity index (χ0n) is 9.92. The first-order valence-electron chi connectivity index (χ1n) is 5.81. The maximum absolute atomic E-state index is 12.2. The fourth-order valence-electron chi connectivity index (χ4n) is 1.96. The average Bonchev–Trinajstić information content (AvgIpc) is 2.38. The summed E-state index contributed by atoms with van der Waals surface area (Å²) in [5.41, 5.74) is 6.74.